The summed E-state index contributed by atoms with van der Waals surface area (Å²) in [6.07, 6.45) is -0.739. The Labute approximate surface area is 165 Å². The first-order valence-corrected chi connectivity index (χ1v) is 9.26. The first kappa shape index (κ1) is 20.8. The van der Waals surface area contributed by atoms with Gasteiger partial charge in [0.1, 0.15) is 5.75 Å². The fraction of sp³-hybridized carbons (Fsp3) is 0.333. The summed E-state index contributed by atoms with van der Waals surface area (Å²) in [7, 11) is 0. The Kier molecular flexibility index (Phi) is 7.25. The van der Waals surface area contributed by atoms with Crippen molar-refractivity contribution in [1.29, 1.82) is 0 Å². The van der Waals surface area contributed by atoms with Crippen molar-refractivity contribution in [3.63, 3.8) is 0 Å². The topological polar surface area (TPSA) is 67.4 Å². The van der Waals surface area contributed by atoms with Gasteiger partial charge in [-0.2, -0.15) is 0 Å². The molecule has 2 aromatic rings. The summed E-state index contributed by atoms with van der Waals surface area (Å²) in [4.78, 5) is 24.9. The highest BCUT2D eigenvalue weighted by Gasteiger charge is 2.18. The molecule has 0 radical (unpaired) electrons. The Morgan fingerprint density at radius 3 is 2.48 bits per heavy atom. The van der Waals surface area contributed by atoms with E-state index >= 15 is 0 Å². The lowest BCUT2D eigenvalue weighted by Crippen LogP contribution is -2.32. The second kappa shape index (κ2) is 9.42. The number of para-hydroxylation sites is 1. The van der Waals surface area contributed by atoms with Crippen LogP contribution < -0.4 is 15.4 Å². The minimum absolute atomic E-state index is 0.221. The average molecular weight is 389 g/mol. The van der Waals surface area contributed by atoms with Gasteiger partial charge in [-0.25, -0.2) is 0 Å². The Morgan fingerprint density at radius 2 is 1.81 bits per heavy atom. The van der Waals surface area contributed by atoms with Crippen molar-refractivity contribution in [1.82, 2.24) is 5.32 Å². The van der Waals surface area contributed by atoms with Crippen LogP contribution in [0.1, 0.15) is 36.7 Å². The molecule has 0 aromatic heterocycles. The van der Waals surface area contributed by atoms with Gasteiger partial charge in [-0.1, -0.05) is 37.6 Å². The molecule has 0 spiro atoms. The van der Waals surface area contributed by atoms with Crippen LogP contribution in [0.4, 0.5) is 5.69 Å². The number of benzene rings is 2. The zero-order valence-corrected chi connectivity index (χ0v) is 16.8. The molecule has 0 saturated carbocycles. The maximum atomic E-state index is 12.5. The summed E-state index contributed by atoms with van der Waals surface area (Å²) in [6, 6.07) is 12.1. The molecule has 6 heteroatoms. The summed E-state index contributed by atoms with van der Waals surface area (Å²) in [5, 5.41) is 6.27. The maximum absolute atomic E-state index is 12.5. The van der Waals surface area contributed by atoms with Gasteiger partial charge in [0.25, 0.3) is 11.8 Å². The standard InChI is InChI=1S/C21H25ClN2O3/c1-13(2)12-23-21(26)17-7-5-6-8-19(17)24-20(25)15(4)27-16-9-10-18(22)14(3)11-16/h5-11,13,15H,12H2,1-4H3,(H,23,26)(H,24,25). The number of hydrogen-bond donors (Lipinski definition) is 2. The fourth-order valence-electron chi connectivity index (χ4n) is 2.36. The Morgan fingerprint density at radius 1 is 1.11 bits per heavy atom. The Balaban J connectivity index is 2.06. The quantitative estimate of drug-likeness (QED) is 0.736. The van der Waals surface area contributed by atoms with E-state index in [1.54, 1.807) is 49.4 Å². The maximum Gasteiger partial charge on any atom is 0.265 e. The molecule has 2 N–H and O–H groups in total. The first-order chi connectivity index (χ1) is 12.8. The normalized spacial score (nSPS) is 11.8. The Bertz CT molecular complexity index is 821. The Hall–Kier alpha value is -2.53. The second-order valence-corrected chi connectivity index (χ2v) is 7.22. The van der Waals surface area contributed by atoms with Gasteiger partial charge < -0.3 is 15.4 Å². The monoisotopic (exact) mass is 388 g/mol. The van der Waals surface area contributed by atoms with E-state index in [1.807, 2.05) is 20.8 Å². The number of rotatable bonds is 7. The van der Waals surface area contributed by atoms with Crippen LogP contribution in [0.15, 0.2) is 42.5 Å². The minimum atomic E-state index is -0.739. The summed E-state index contributed by atoms with van der Waals surface area (Å²) < 4.78 is 5.69. The number of nitrogens with one attached hydrogen (secondary N) is 2. The van der Waals surface area contributed by atoms with Crippen LogP contribution in [0.3, 0.4) is 0 Å². The highest BCUT2D eigenvalue weighted by molar-refractivity contribution is 6.31. The summed E-state index contributed by atoms with van der Waals surface area (Å²) in [6.45, 7) is 8.13. The van der Waals surface area contributed by atoms with E-state index in [0.717, 1.165) is 5.56 Å². The summed E-state index contributed by atoms with van der Waals surface area (Å²) in [5.41, 5.74) is 1.74. The fourth-order valence-corrected chi connectivity index (χ4v) is 2.48. The van der Waals surface area contributed by atoms with Gasteiger partial charge in [0.2, 0.25) is 0 Å². The number of carbonyl (C=O) groups is 2. The highest BCUT2D eigenvalue weighted by Crippen LogP contribution is 2.22. The third kappa shape index (κ3) is 6.00. The number of hydrogen-bond acceptors (Lipinski definition) is 3. The van der Waals surface area contributed by atoms with Crippen molar-refractivity contribution >= 4 is 29.1 Å². The van der Waals surface area contributed by atoms with Crippen LogP contribution in [0, 0.1) is 12.8 Å². The molecule has 2 rings (SSSR count). The minimum Gasteiger partial charge on any atom is -0.481 e. The van der Waals surface area contributed by atoms with Crippen LogP contribution in [0.25, 0.3) is 0 Å². The summed E-state index contributed by atoms with van der Waals surface area (Å²) in [5.74, 6) is 0.336. The van der Waals surface area contributed by atoms with Gasteiger partial charge in [0.05, 0.1) is 11.3 Å². The third-order valence-corrected chi connectivity index (χ3v) is 4.34. The molecule has 0 heterocycles. The predicted octanol–water partition coefficient (Wildman–Crippen LogP) is 4.44. The molecular formula is C21H25ClN2O3. The zero-order chi connectivity index (χ0) is 20.0. The van der Waals surface area contributed by atoms with Gasteiger partial charge in [-0.15, -0.1) is 0 Å². The second-order valence-electron chi connectivity index (χ2n) is 6.81. The lowest BCUT2D eigenvalue weighted by atomic mass is 10.1. The lowest BCUT2D eigenvalue weighted by Gasteiger charge is -2.17. The molecule has 2 aromatic carbocycles. The number of carbonyl (C=O) groups excluding carboxylic acids is 2. The zero-order valence-electron chi connectivity index (χ0n) is 16.0. The lowest BCUT2D eigenvalue weighted by molar-refractivity contribution is -0.122. The molecule has 1 unspecified atom stereocenters. The molecule has 1 atom stereocenters. The SMILES string of the molecule is Cc1cc(OC(C)C(=O)Nc2ccccc2C(=O)NCC(C)C)ccc1Cl. The third-order valence-electron chi connectivity index (χ3n) is 3.91. The van der Waals surface area contributed by atoms with E-state index in [0.29, 0.717) is 34.5 Å². The number of halogens is 1. The number of ether oxygens (including phenoxy) is 1. The van der Waals surface area contributed by atoms with E-state index in [9.17, 15) is 9.59 Å². The molecule has 0 saturated heterocycles. The molecule has 0 aliphatic heterocycles. The van der Waals surface area contributed by atoms with Crippen LogP contribution >= 0.6 is 11.6 Å². The number of aryl methyl sites for hydroxylation is 1. The van der Waals surface area contributed by atoms with E-state index in [2.05, 4.69) is 10.6 Å². The van der Waals surface area contributed by atoms with Crippen LogP contribution in [-0.4, -0.2) is 24.5 Å². The van der Waals surface area contributed by atoms with E-state index in [1.165, 1.54) is 0 Å². The molecule has 27 heavy (non-hydrogen) atoms. The highest BCUT2D eigenvalue weighted by atomic mass is 35.5. The molecular weight excluding hydrogens is 364 g/mol. The van der Waals surface area contributed by atoms with E-state index < -0.39 is 6.10 Å². The van der Waals surface area contributed by atoms with Gasteiger partial charge in [-0.05, 0) is 55.7 Å². The largest absolute Gasteiger partial charge is 0.481 e. The molecule has 0 aliphatic rings. The van der Waals surface area contributed by atoms with Gasteiger partial charge in [0.15, 0.2) is 6.10 Å². The molecule has 5 nitrogen and oxygen atoms in total. The molecule has 0 bridgehead atoms. The smallest absolute Gasteiger partial charge is 0.265 e. The van der Waals surface area contributed by atoms with Gasteiger partial charge in [-0.3, -0.25) is 9.59 Å². The average Bonchev–Trinajstić information content (AvgIpc) is 2.63. The predicted molar refractivity (Wildman–Crippen MR) is 109 cm³/mol. The number of anilines is 1. The van der Waals surface area contributed by atoms with Crippen molar-refractivity contribution < 1.29 is 14.3 Å². The van der Waals surface area contributed by atoms with Crippen LogP contribution in [-0.2, 0) is 4.79 Å². The van der Waals surface area contributed by atoms with Gasteiger partial charge in [0, 0.05) is 11.6 Å². The molecule has 144 valence electrons. The molecule has 0 fully saturated rings. The van der Waals surface area contributed by atoms with Crippen molar-refractivity contribution in [2.45, 2.75) is 33.8 Å². The van der Waals surface area contributed by atoms with Crippen molar-refractivity contribution in [3.05, 3.63) is 58.6 Å². The van der Waals surface area contributed by atoms with Crippen LogP contribution in [0.2, 0.25) is 5.02 Å². The van der Waals surface area contributed by atoms with E-state index in [4.69, 9.17) is 16.3 Å². The van der Waals surface area contributed by atoms with Crippen molar-refractivity contribution in [2.24, 2.45) is 5.92 Å². The van der Waals surface area contributed by atoms with Crippen molar-refractivity contribution in [3.8, 4) is 5.75 Å². The van der Waals surface area contributed by atoms with E-state index in [-0.39, 0.29) is 11.8 Å². The first-order valence-electron chi connectivity index (χ1n) is 8.88. The van der Waals surface area contributed by atoms with Crippen molar-refractivity contribution in [2.75, 3.05) is 11.9 Å². The summed E-state index contributed by atoms with van der Waals surface area (Å²) >= 11 is 6.01. The van der Waals surface area contributed by atoms with Gasteiger partial charge >= 0.3 is 0 Å². The number of amides is 2. The van der Waals surface area contributed by atoms with Crippen LogP contribution in [0.5, 0.6) is 5.75 Å². The molecule has 0 aliphatic carbocycles. The molecule has 2 amide bonds.